The highest BCUT2D eigenvalue weighted by molar-refractivity contribution is 9.11. The van der Waals surface area contributed by atoms with Crippen LogP contribution >= 0.6 is 15.9 Å². The maximum Gasteiger partial charge on any atom is 0.189 e. The van der Waals surface area contributed by atoms with Gasteiger partial charge < -0.3 is 9.47 Å². The van der Waals surface area contributed by atoms with Crippen molar-refractivity contribution in [2.45, 2.75) is 20.1 Å². The van der Waals surface area contributed by atoms with Crippen molar-refractivity contribution in [3.8, 4) is 0 Å². The minimum Gasteiger partial charge on any atom is -0.351 e. The zero-order valence-electron chi connectivity index (χ0n) is 6.77. The van der Waals surface area contributed by atoms with Crippen LogP contribution in [-0.4, -0.2) is 20.5 Å². The van der Waals surface area contributed by atoms with Crippen molar-refractivity contribution >= 4 is 15.9 Å². The summed E-state index contributed by atoms with van der Waals surface area (Å²) in [5.41, 5.74) is 1.16. The standard InChI is InChI=1S/C7H13BrO2/c1-5(2)6(8)7(9-3)10-4/h7H,1-4H3. The second-order valence-electron chi connectivity index (χ2n) is 2.15. The third-order valence-electron chi connectivity index (χ3n) is 1.11. The van der Waals surface area contributed by atoms with Crippen LogP contribution in [0.1, 0.15) is 13.8 Å². The minimum absolute atomic E-state index is 0.259. The largest absolute Gasteiger partial charge is 0.351 e. The van der Waals surface area contributed by atoms with Gasteiger partial charge in [0.05, 0.1) is 0 Å². The molecule has 0 rings (SSSR count). The van der Waals surface area contributed by atoms with Crippen LogP contribution in [0.2, 0.25) is 0 Å². The first-order chi connectivity index (χ1) is 4.63. The Labute approximate surface area is 70.3 Å². The fourth-order valence-electron chi connectivity index (χ4n) is 0.539. The van der Waals surface area contributed by atoms with E-state index in [4.69, 9.17) is 9.47 Å². The summed E-state index contributed by atoms with van der Waals surface area (Å²) in [6.45, 7) is 3.99. The quantitative estimate of drug-likeness (QED) is 0.664. The summed E-state index contributed by atoms with van der Waals surface area (Å²) >= 11 is 3.36. The van der Waals surface area contributed by atoms with Crippen molar-refractivity contribution in [1.82, 2.24) is 0 Å². The van der Waals surface area contributed by atoms with E-state index in [9.17, 15) is 0 Å². The number of rotatable bonds is 3. The Morgan fingerprint density at radius 1 is 1.20 bits per heavy atom. The van der Waals surface area contributed by atoms with Gasteiger partial charge in [0.2, 0.25) is 0 Å². The van der Waals surface area contributed by atoms with Gasteiger partial charge in [0.25, 0.3) is 0 Å². The lowest BCUT2D eigenvalue weighted by molar-refractivity contribution is -0.0692. The summed E-state index contributed by atoms with van der Waals surface area (Å²) in [5, 5.41) is 0. The molecule has 0 fully saturated rings. The van der Waals surface area contributed by atoms with Crippen LogP contribution < -0.4 is 0 Å². The molecule has 0 atom stereocenters. The van der Waals surface area contributed by atoms with E-state index in [1.807, 2.05) is 13.8 Å². The van der Waals surface area contributed by atoms with Crippen molar-refractivity contribution in [2.24, 2.45) is 0 Å². The lowest BCUT2D eigenvalue weighted by Gasteiger charge is -2.13. The Morgan fingerprint density at radius 2 is 1.60 bits per heavy atom. The molecule has 0 spiro atoms. The van der Waals surface area contributed by atoms with Gasteiger partial charge in [-0.25, -0.2) is 0 Å². The highest BCUT2D eigenvalue weighted by atomic mass is 79.9. The van der Waals surface area contributed by atoms with Crippen molar-refractivity contribution in [3.63, 3.8) is 0 Å². The number of allylic oxidation sites excluding steroid dienone is 1. The Morgan fingerprint density at radius 3 is 1.70 bits per heavy atom. The molecule has 3 heteroatoms. The molecule has 0 aliphatic rings. The average molecular weight is 209 g/mol. The van der Waals surface area contributed by atoms with Crippen LogP contribution in [0, 0.1) is 0 Å². The molecule has 0 aliphatic heterocycles. The van der Waals surface area contributed by atoms with Gasteiger partial charge in [-0.05, 0) is 13.8 Å². The first-order valence-corrected chi connectivity index (χ1v) is 3.81. The summed E-state index contributed by atoms with van der Waals surface area (Å²) in [6.07, 6.45) is -0.259. The van der Waals surface area contributed by atoms with E-state index >= 15 is 0 Å². The van der Waals surface area contributed by atoms with E-state index in [-0.39, 0.29) is 6.29 Å². The molecule has 0 saturated carbocycles. The summed E-state index contributed by atoms with van der Waals surface area (Å²) in [5.74, 6) is 0. The molecule has 2 nitrogen and oxygen atoms in total. The zero-order valence-corrected chi connectivity index (χ0v) is 8.36. The topological polar surface area (TPSA) is 18.5 Å². The number of hydrogen-bond acceptors (Lipinski definition) is 2. The van der Waals surface area contributed by atoms with Gasteiger partial charge in [-0.3, -0.25) is 0 Å². The first kappa shape index (κ1) is 10.1. The molecular formula is C7H13BrO2. The average Bonchev–Trinajstić information content (AvgIpc) is 1.90. The van der Waals surface area contributed by atoms with E-state index in [1.165, 1.54) is 0 Å². The Hall–Kier alpha value is 0.140. The van der Waals surface area contributed by atoms with Crippen molar-refractivity contribution < 1.29 is 9.47 Å². The van der Waals surface area contributed by atoms with E-state index in [0.29, 0.717) is 0 Å². The highest BCUT2D eigenvalue weighted by Crippen LogP contribution is 2.18. The van der Waals surface area contributed by atoms with Crippen LogP contribution in [0.3, 0.4) is 0 Å². The Bertz CT molecular complexity index is 124. The van der Waals surface area contributed by atoms with E-state index in [2.05, 4.69) is 15.9 Å². The fraction of sp³-hybridized carbons (Fsp3) is 0.714. The molecular weight excluding hydrogens is 196 g/mol. The molecule has 10 heavy (non-hydrogen) atoms. The molecule has 0 aromatic rings. The fourth-order valence-corrected chi connectivity index (χ4v) is 0.913. The van der Waals surface area contributed by atoms with Gasteiger partial charge in [0.15, 0.2) is 6.29 Å². The highest BCUT2D eigenvalue weighted by Gasteiger charge is 2.09. The predicted octanol–water partition coefficient (Wildman–Crippen LogP) is 2.29. The van der Waals surface area contributed by atoms with Crippen LogP contribution in [-0.2, 0) is 9.47 Å². The normalized spacial score (nSPS) is 10.2. The molecule has 0 bridgehead atoms. The monoisotopic (exact) mass is 208 g/mol. The smallest absolute Gasteiger partial charge is 0.189 e. The summed E-state index contributed by atoms with van der Waals surface area (Å²) in [6, 6.07) is 0. The van der Waals surface area contributed by atoms with Crippen molar-refractivity contribution in [3.05, 3.63) is 10.1 Å². The van der Waals surface area contributed by atoms with E-state index < -0.39 is 0 Å². The molecule has 0 saturated heterocycles. The lowest BCUT2D eigenvalue weighted by Crippen LogP contribution is -2.13. The summed E-state index contributed by atoms with van der Waals surface area (Å²) in [4.78, 5) is 0. The Balaban J connectivity index is 4.15. The van der Waals surface area contributed by atoms with Crippen LogP contribution in [0.25, 0.3) is 0 Å². The van der Waals surface area contributed by atoms with E-state index in [1.54, 1.807) is 14.2 Å². The molecule has 0 unspecified atom stereocenters. The van der Waals surface area contributed by atoms with E-state index in [0.717, 1.165) is 10.1 Å². The second-order valence-corrected chi connectivity index (χ2v) is 3.01. The van der Waals surface area contributed by atoms with Crippen LogP contribution in [0.15, 0.2) is 10.1 Å². The third kappa shape index (κ3) is 2.82. The summed E-state index contributed by atoms with van der Waals surface area (Å²) < 4.78 is 10.9. The SMILES string of the molecule is COC(OC)C(Br)=C(C)C. The Kier molecular flexibility index (Phi) is 4.95. The molecule has 0 radical (unpaired) electrons. The van der Waals surface area contributed by atoms with Crippen LogP contribution in [0.5, 0.6) is 0 Å². The van der Waals surface area contributed by atoms with Crippen LogP contribution in [0.4, 0.5) is 0 Å². The van der Waals surface area contributed by atoms with Crippen molar-refractivity contribution in [2.75, 3.05) is 14.2 Å². The van der Waals surface area contributed by atoms with Gasteiger partial charge in [-0.2, -0.15) is 0 Å². The number of methoxy groups -OCH3 is 2. The molecule has 0 aromatic carbocycles. The molecule has 0 aliphatic carbocycles. The second kappa shape index (κ2) is 4.88. The van der Waals surface area contributed by atoms with Crippen molar-refractivity contribution in [1.29, 1.82) is 0 Å². The number of halogens is 1. The zero-order chi connectivity index (χ0) is 8.15. The van der Waals surface area contributed by atoms with Gasteiger partial charge in [-0.15, -0.1) is 0 Å². The predicted molar refractivity (Wildman–Crippen MR) is 45.1 cm³/mol. The maximum absolute atomic E-state index is 5.00. The van der Waals surface area contributed by atoms with Gasteiger partial charge in [0, 0.05) is 18.7 Å². The third-order valence-corrected chi connectivity index (χ3v) is 2.28. The first-order valence-electron chi connectivity index (χ1n) is 3.02. The van der Waals surface area contributed by atoms with Gasteiger partial charge in [0.1, 0.15) is 0 Å². The maximum atomic E-state index is 5.00. The lowest BCUT2D eigenvalue weighted by atomic mass is 10.3. The molecule has 0 heterocycles. The van der Waals surface area contributed by atoms with Gasteiger partial charge >= 0.3 is 0 Å². The van der Waals surface area contributed by atoms with Gasteiger partial charge in [-0.1, -0.05) is 21.5 Å². The summed E-state index contributed by atoms with van der Waals surface area (Å²) in [7, 11) is 3.22. The molecule has 0 N–H and O–H groups in total. The minimum atomic E-state index is -0.259. The number of ether oxygens (including phenoxy) is 2. The number of hydrogen-bond donors (Lipinski definition) is 0. The molecule has 0 amide bonds. The molecule has 60 valence electrons. The molecule has 0 aromatic heterocycles.